The van der Waals surface area contributed by atoms with Crippen LogP contribution in [0.1, 0.15) is 15.9 Å². The van der Waals surface area contributed by atoms with Crippen molar-refractivity contribution in [3.05, 3.63) is 82.3 Å². The fourth-order valence-electron chi connectivity index (χ4n) is 2.30. The van der Waals surface area contributed by atoms with Crippen LogP contribution in [0.15, 0.2) is 71.2 Å². The number of ketones is 1. The number of halogens is 1. The fraction of sp³-hybridized carbons (Fsp3) is 0.0556. The van der Waals surface area contributed by atoms with Crippen molar-refractivity contribution in [1.82, 2.24) is 0 Å². The lowest BCUT2D eigenvalue weighted by Gasteiger charge is -2.04. The Balaban J connectivity index is 1.87. The van der Waals surface area contributed by atoms with Crippen LogP contribution in [0.25, 0.3) is 10.8 Å². The third kappa shape index (κ3) is 2.81. The van der Waals surface area contributed by atoms with Crippen LogP contribution in [0.4, 0.5) is 0 Å². The maximum absolute atomic E-state index is 12.3. The molecule has 0 atom stereocenters. The SMILES string of the molecule is O=C(Cc1ccc2ccccc2c1)c1cccc(Br)c1. The molecule has 3 rings (SSSR count). The zero-order valence-corrected chi connectivity index (χ0v) is 12.4. The molecule has 0 aliphatic rings. The van der Waals surface area contributed by atoms with E-state index >= 15 is 0 Å². The average Bonchev–Trinajstić information content (AvgIpc) is 2.47. The molecule has 1 nitrogen and oxygen atoms in total. The van der Waals surface area contributed by atoms with Gasteiger partial charge in [0.05, 0.1) is 0 Å². The van der Waals surface area contributed by atoms with Crippen LogP contribution >= 0.6 is 15.9 Å². The summed E-state index contributed by atoms with van der Waals surface area (Å²) in [6.45, 7) is 0. The first-order valence-electron chi connectivity index (χ1n) is 6.49. The van der Waals surface area contributed by atoms with E-state index in [0.717, 1.165) is 15.6 Å². The van der Waals surface area contributed by atoms with Gasteiger partial charge >= 0.3 is 0 Å². The molecule has 0 saturated carbocycles. The topological polar surface area (TPSA) is 17.1 Å². The van der Waals surface area contributed by atoms with Crippen molar-refractivity contribution in [3.8, 4) is 0 Å². The summed E-state index contributed by atoms with van der Waals surface area (Å²) in [6, 6.07) is 21.9. The first-order chi connectivity index (χ1) is 9.72. The molecule has 0 N–H and O–H groups in total. The van der Waals surface area contributed by atoms with Crippen LogP contribution < -0.4 is 0 Å². The molecule has 0 saturated heterocycles. The molecule has 0 heterocycles. The van der Waals surface area contributed by atoms with Gasteiger partial charge in [-0.15, -0.1) is 0 Å². The van der Waals surface area contributed by atoms with Gasteiger partial charge in [0.1, 0.15) is 0 Å². The quantitative estimate of drug-likeness (QED) is 0.618. The monoisotopic (exact) mass is 324 g/mol. The number of benzene rings is 3. The summed E-state index contributed by atoms with van der Waals surface area (Å²) in [5.74, 6) is 0.140. The predicted molar refractivity (Wildman–Crippen MR) is 86.1 cm³/mol. The minimum Gasteiger partial charge on any atom is -0.294 e. The van der Waals surface area contributed by atoms with Gasteiger partial charge in [0.25, 0.3) is 0 Å². The van der Waals surface area contributed by atoms with Crippen molar-refractivity contribution in [3.63, 3.8) is 0 Å². The maximum Gasteiger partial charge on any atom is 0.167 e. The lowest BCUT2D eigenvalue weighted by molar-refractivity contribution is 0.0993. The molecule has 0 spiro atoms. The first kappa shape index (κ1) is 13.1. The molecule has 3 aromatic rings. The Morgan fingerprint density at radius 1 is 0.850 bits per heavy atom. The number of carbonyl (C=O) groups excluding carboxylic acids is 1. The van der Waals surface area contributed by atoms with Gasteiger partial charge in [-0.2, -0.15) is 0 Å². The maximum atomic E-state index is 12.3. The molecule has 0 amide bonds. The van der Waals surface area contributed by atoms with E-state index in [9.17, 15) is 4.79 Å². The van der Waals surface area contributed by atoms with Gasteiger partial charge in [0, 0.05) is 16.5 Å². The van der Waals surface area contributed by atoms with Crippen LogP contribution in [-0.4, -0.2) is 5.78 Å². The van der Waals surface area contributed by atoms with E-state index in [-0.39, 0.29) is 5.78 Å². The van der Waals surface area contributed by atoms with Crippen LogP contribution in [0.2, 0.25) is 0 Å². The number of carbonyl (C=O) groups is 1. The van der Waals surface area contributed by atoms with E-state index < -0.39 is 0 Å². The Hall–Kier alpha value is -1.93. The lowest BCUT2D eigenvalue weighted by atomic mass is 10.0. The summed E-state index contributed by atoms with van der Waals surface area (Å²) in [5, 5.41) is 2.37. The second-order valence-corrected chi connectivity index (χ2v) is 5.71. The second kappa shape index (κ2) is 5.59. The summed E-state index contributed by atoms with van der Waals surface area (Å²) in [5.41, 5.74) is 1.79. The second-order valence-electron chi connectivity index (χ2n) is 4.79. The van der Waals surface area contributed by atoms with Gasteiger partial charge in [-0.25, -0.2) is 0 Å². The predicted octanol–water partition coefficient (Wildman–Crippen LogP) is 5.03. The van der Waals surface area contributed by atoms with Crippen molar-refractivity contribution >= 4 is 32.5 Å². The van der Waals surface area contributed by atoms with Crippen LogP contribution in [0, 0.1) is 0 Å². The molecule has 2 heteroatoms. The Morgan fingerprint density at radius 3 is 2.45 bits per heavy atom. The Morgan fingerprint density at radius 2 is 1.65 bits per heavy atom. The zero-order chi connectivity index (χ0) is 13.9. The van der Waals surface area contributed by atoms with E-state index in [1.807, 2.05) is 42.5 Å². The highest BCUT2D eigenvalue weighted by molar-refractivity contribution is 9.10. The minimum atomic E-state index is 0.140. The molecule has 0 aliphatic carbocycles. The zero-order valence-electron chi connectivity index (χ0n) is 10.8. The Kier molecular flexibility index (Phi) is 3.66. The highest BCUT2D eigenvalue weighted by atomic mass is 79.9. The number of fused-ring (bicyclic) bond motifs is 1. The number of hydrogen-bond acceptors (Lipinski definition) is 1. The summed E-state index contributed by atoms with van der Waals surface area (Å²) < 4.78 is 0.932. The summed E-state index contributed by atoms with van der Waals surface area (Å²) >= 11 is 3.40. The molecule has 20 heavy (non-hydrogen) atoms. The molecular weight excluding hydrogens is 312 g/mol. The molecular formula is C18H13BrO. The third-order valence-electron chi connectivity index (χ3n) is 3.33. The molecule has 98 valence electrons. The van der Waals surface area contributed by atoms with Crippen LogP contribution in [-0.2, 0) is 6.42 Å². The van der Waals surface area contributed by atoms with Gasteiger partial charge in [0.2, 0.25) is 0 Å². The fourth-order valence-corrected chi connectivity index (χ4v) is 2.70. The number of hydrogen-bond donors (Lipinski definition) is 0. The lowest BCUT2D eigenvalue weighted by Crippen LogP contribution is -2.03. The number of Topliss-reactive ketones (excluding diaryl/α,β-unsaturated/α-hetero) is 1. The van der Waals surface area contributed by atoms with Gasteiger partial charge in [-0.05, 0) is 28.5 Å². The smallest absolute Gasteiger partial charge is 0.167 e. The van der Waals surface area contributed by atoms with Crippen LogP contribution in [0.5, 0.6) is 0 Å². The standard InChI is InChI=1S/C18H13BrO/c19-17-7-3-6-16(12-17)18(20)11-13-8-9-14-4-1-2-5-15(14)10-13/h1-10,12H,11H2. The molecule has 3 aromatic carbocycles. The van der Waals surface area contributed by atoms with Gasteiger partial charge < -0.3 is 0 Å². The largest absolute Gasteiger partial charge is 0.294 e. The Bertz CT molecular complexity index is 777. The molecule has 0 unspecified atom stereocenters. The normalized spacial score (nSPS) is 10.7. The summed E-state index contributed by atoms with van der Waals surface area (Å²) in [4.78, 5) is 12.3. The van der Waals surface area contributed by atoms with Crippen molar-refractivity contribution < 1.29 is 4.79 Å². The third-order valence-corrected chi connectivity index (χ3v) is 3.82. The minimum absolute atomic E-state index is 0.140. The number of rotatable bonds is 3. The van der Waals surface area contributed by atoms with Crippen molar-refractivity contribution in [2.75, 3.05) is 0 Å². The summed E-state index contributed by atoms with van der Waals surface area (Å²) in [6.07, 6.45) is 0.432. The highest BCUT2D eigenvalue weighted by Crippen LogP contribution is 2.18. The molecule has 0 fully saturated rings. The molecule has 0 radical (unpaired) electrons. The molecule has 0 aliphatic heterocycles. The van der Waals surface area contributed by atoms with E-state index in [4.69, 9.17) is 0 Å². The van der Waals surface area contributed by atoms with Crippen LogP contribution in [0.3, 0.4) is 0 Å². The average molecular weight is 325 g/mol. The van der Waals surface area contributed by atoms with Crippen molar-refractivity contribution in [2.45, 2.75) is 6.42 Å². The van der Waals surface area contributed by atoms with Crippen molar-refractivity contribution in [2.24, 2.45) is 0 Å². The highest BCUT2D eigenvalue weighted by Gasteiger charge is 2.07. The van der Waals surface area contributed by atoms with E-state index in [0.29, 0.717) is 6.42 Å². The van der Waals surface area contributed by atoms with Gasteiger partial charge in [-0.1, -0.05) is 70.5 Å². The van der Waals surface area contributed by atoms with E-state index in [1.165, 1.54) is 10.8 Å². The summed E-state index contributed by atoms with van der Waals surface area (Å²) in [7, 11) is 0. The van der Waals surface area contributed by atoms with E-state index in [2.05, 4.69) is 40.2 Å². The first-order valence-corrected chi connectivity index (χ1v) is 7.28. The Labute approximate surface area is 126 Å². The molecule has 0 aromatic heterocycles. The van der Waals surface area contributed by atoms with Gasteiger partial charge in [-0.3, -0.25) is 4.79 Å². The van der Waals surface area contributed by atoms with E-state index in [1.54, 1.807) is 0 Å². The van der Waals surface area contributed by atoms with Crippen molar-refractivity contribution in [1.29, 1.82) is 0 Å². The van der Waals surface area contributed by atoms with Gasteiger partial charge in [0.15, 0.2) is 5.78 Å². The molecule has 0 bridgehead atoms.